The van der Waals surface area contributed by atoms with E-state index < -0.39 is 18.4 Å². The number of rotatable bonds is 12. The number of carboxylic acid groups (broad SMARTS) is 1. The molecule has 1 unspecified atom stereocenters. The van der Waals surface area contributed by atoms with E-state index in [2.05, 4.69) is 28.3 Å². The molecule has 8 heteroatoms. The third kappa shape index (κ3) is 9.37. The van der Waals surface area contributed by atoms with E-state index in [9.17, 15) is 19.5 Å². The van der Waals surface area contributed by atoms with Crippen molar-refractivity contribution in [2.75, 3.05) is 11.9 Å². The van der Waals surface area contributed by atoms with Crippen molar-refractivity contribution in [1.29, 1.82) is 0 Å². The van der Waals surface area contributed by atoms with E-state index >= 15 is 0 Å². The highest BCUT2D eigenvalue weighted by atomic mass is 16.4. The van der Waals surface area contributed by atoms with Crippen molar-refractivity contribution in [1.82, 2.24) is 14.9 Å². The summed E-state index contributed by atoms with van der Waals surface area (Å²) in [6, 6.07) is 21.8. The Hall–Kier alpha value is -5.11. The first-order valence-electron chi connectivity index (χ1n) is 18.3. The highest BCUT2D eigenvalue weighted by Gasteiger charge is 2.28. The summed E-state index contributed by atoms with van der Waals surface area (Å²) >= 11 is 0. The predicted octanol–water partition coefficient (Wildman–Crippen LogP) is 8.76. The van der Waals surface area contributed by atoms with Gasteiger partial charge in [-0.2, -0.15) is 0 Å². The summed E-state index contributed by atoms with van der Waals surface area (Å²) < 4.78 is 0. The fraction of sp³-hybridized carbons (Fsp3) is 0.372. The lowest BCUT2D eigenvalue weighted by molar-refractivity contribution is -0.137. The van der Waals surface area contributed by atoms with Gasteiger partial charge in [-0.25, -0.2) is 9.97 Å². The molecule has 2 N–H and O–H groups in total. The molecule has 0 spiro atoms. The van der Waals surface area contributed by atoms with Gasteiger partial charge in [-0.3, -0.25) is 14.4 Å². The Bertz CT molecular complexity index is 1840. The van der Waals surface area contributed by atoms with Crippen molar-refractivity contribution in [3.63, 3.8) is 0 Å². The normalized spacial score (nSPS) is 18.8. The number of aryl methyl sites for hydroxylation is 1. The number of aromatic nitrogens is 2. The van der Waals surface area contributed by atoms with Gasteiger partial charge in [-0.15, -0.1) is 0 Å². The molecular formula is C43H48N4O4. The van der Waals surface area contributed by atoms with E-state index in [4.69, 9.17) is 0 Å². The van der Waals surface area contributed by atoms with Gasteiger partial charge in [0.05, 0.1) is 6.42 Å². The Morgan fingerprint density at radius 2 is 1.55 bits per heavy atom. The Morgan fingerprint density at radius 3 is 2.18 bits per heavy atom. The van der Waals surface area contributed by atoms with Gasteiger partial charge in [0.2, 0.25) is 5.91 Å². The van der Waals surface area contributed by atoms with Gasteiger partial charge in [0, 0.05) is 41.3 Å². The van der Waals surface area contributed by atoms with Gasteiger partial charge in [0.25, 0.3) is 5.91 Å². The predicted molar refractivity (Wildman–Crippen MR) is 201 cm³/mol. The fourth-order valence-electron chi connectivity index (χ4n) is 7.66. The van der Waals surface area contributed by atoms with Crippen molar-refractivity contribution in [3.8, 4) is 11.4 Å². The number of carbonyl (C=O) groups excluding carboxylic acids is 2. The molecule has 1 saturated carbocycles. The van der Waals surface area contributed by atoms with E-state index in [-0.39, 0.29) is 18.9 Å². The number of amides is 2. The third-order valence-corrected chi connectivity index (χ3v) is 10.8. The van der Waals surface area contributed by atoms with E-state index in [1.807, 2.05) is 67.8 Å². The number of aliphatic carboxylic acids is 1. The summed E-state index contributed by atoms with van der Waals surface area (Å²) in [5.41, 5.74) is 6.95. The smallest absolute Gasteiger partial charge is 0.323 e. The van der Waals surface area contributed by atoms with Crippen LogP contribution in [0.2, 0.25) is 0 Å². The number of carbonyl (C=O) groups is 3. The molecule has 264 valence electrons. The zero-order chi connectivity index (χ0) is 35.7. The minimum atomic E-state index is -1.10. The molecular weight excluding hydrogens is 636 g/mol. The van der Waals surface area contributed by atoms with Crippen LogP contribution in [0.1, 0.15) is 90.9 Å². The van der Waals surface area contributed by atoms with Gasteiger partial charge in [-0.05, 0) is 103 Å². The number of nitrogens with one attached hydrogen (secondary N) is 1. The molecule has 1 atom stereocenters. The van der Waals surface area contributed by atoms with Crippen molar-refractivity contribution < 1.29 is 19.5 Å². The molecule has 1 aromatic heterocycles. The minimum Gasteiger partial charge on any atom is -0.480 e. The van der Waals surface area contributed by atoms with Gasteiger partial charge in [-0.1, -0.05) is 80.8 Å². The molecule has 2 amide bonds. The molecule has 2 aliphatic carbocycles. The van der Waals surface area contributed by atoms with E-state index in [0.717, 1.165) is 58.4 Å². The van der Waals surface area contributed by atoms with E-state index in [0.29, 0.717) is 17.1 Å². The maximum Gasteiger partial charge on any atom is 0.323 e. The summed E-state index contributed by atoms with van der Waals surface area (Å²) in [7, 11) is 0. The van der Waals surface area contributed by atoms with E-state index in [1.165, 1.54) is 49.0 Å². The lowest BCUT2D eigenvalue weighted by Gasteiger charge is -2.35. The molecule has 2 aliphatic rings. The molecule has 6 rings (SSSR count). The Morgan fingerprint density at radius 1 is 0.843 bits per heavy atom. The maximum atomic E-state index is 13.4. The van der Waals surface area contributed by atoms with Crippen LogP contribution in [0.3, 0.4) is 0 Å². The highest BCUT2D eigenvalue weighted by molar-refractivity contribution is 5.97. The Kier molecular flexibility index (Phi) is 11.7. The van der Waals surface area contributed by atoms with Crippen molar-refractivity contribution in [2.45, 2.75) is 78.2 Å². The topological polar surface area (TPSA) is 112 Å². The Balaban J connectivity index is 1.04. The quantitative estimate of drug-likeness (QED) is 0.154. The summed E-state index contributed by atoms with van der Waals surface area (Å²) in [6.45, 7) is 3.97. The number of carboxylic acids is 1. The molecule has 0 radical (unpaired) electrons. The first-order valence-corrected chi connectivity index (χ1v) is 18.3. The molecule has 51 heavy (non-hydrogen) atoms. The second-order valence-corrected chi connectivity index (χ2v) is 14.2. The van der Waals surface area contributed by atoms with Gasteiger partial charge < -0.3 is 15.3 Å². The van der Waals surface area contributed by atoms with Gasteiger partial charge in [0.15, 0.2) is 5.82 Å². The zero-order valence-corrected chi connectivity index (χ0v) is 29.7. The largest absolute Gasteiger partial charge is 0.480 e. The fourth-order valence-corrected chi connectivity index (χ4v) is 7.66. The summed E-state index contributed by atoms with van der Waals surface area (Å²) in [6.07, 6.45) is 16.9. The van der Waals surface area contributed by atoms with Crippen LogP contribution in [0.25, 0.3) is 17.0 Å². The van der Waals surface area contributed by atoms with Crippen LogP contribution < -0.4 is 5.32 Å². The van der Waals surface area contributed by atoms with E-state index in [1.54, 1.807) is 24.3 Å². The van der Waals surface area contributed by atoms with Crippen molar-refractivity contribution in [3.05, 3.63) is 119 Å². The highest BCUT2D eigenvalue weighted by Crippen LogP contribution is 2.41. The SMILES string of the molecule is CCC1CCC(C2CC=C(c3cnc(-c4ccc(CN(CC(=O)O)C(=O)c5ccc(NC(=O)Cc6ccccc6C)cc5)cc4)nc3)CC2)CC1. The van der Waals surface area contributed by atoms with Crippen molar-refractivity contribution in [2.24, 2.45) is 17.8 Å². The van der Waals surface area contributed by atoms with Gasteiger partial charge in [0.1, 0.15) is 6.54 Å². The number of anilines is 1. The average Bonchev–Trinajstić information content (AvgIpc) is 3.16. The molecule has 0 saturated heterocycles. The van der Waals surface area contributed by atoms with Crippen molar-refractivity contribution >= 4 is 29.0 Å². The molecule has 1 fully saturated rings. The summed E-state index contributed by atoms with van der Waals surface area (Å²) in [5.74, 6) is 1.57. The monoisotopic (exact) mass is 684 g/mol. The zero-order valence-electron chi connectivity index (χ0n) is 29.7. The average molecular weight is 685 g/mol. The lowest BCUT2D eigenvalue weighted by Crippen LogP contribution is -2.35. The molecule has 0 aliphatic heterocycles. The molecule has 0 bridgehead atoms. The number of hydrogen-bond acceptors (Lipinski definition) is 5. The molecule has 8 nitrogen and oxygen atoms in total. The second-order valence-electron chi connectivity index (χ2n) is 14.2. The van der Waals surface area contributed by atoms with Crippen LogP contribution in [0.5, 0.6) is 0 Å². The maximum absolute atomic E-state index is 13.4. The number of benzene rings is 3. The van der Waals surface area contributed by atoms with Gasteiger partial charge >= 0.3 is 5.97 Å². The van der Waals surface area contributed by atoms with Crippen LogP contribution in [0.4, 0.5) is 5.69 Å². The molecule has 3 aromatic carbocycles. The minimum absolute atomic E-state index is 0.120. The second kappa shape index (κ2) is 16.7. The van der Waals surface area contributed by atoms with Crippen LogP contribution in [-0.4, -0.2) is 44.3 Å². The van der Waals surface area contributed by atoms with Crippen LogP contribution in [0, 0.1) is 24.7 Å². The standard InChI is InChI=1S/C43H48N4O4/c1-3-30-8-12-32(13-9-30)33-16-18-34(19-17-33)38-25-44-42(45-26-38)35-14-10-31(11-15-35)27-47(28-41(49)50)43(51)36-20-22-39(23-21-36)46-40(48)24-37-7-5-4-6-29(37)2/h4-7,10-11,14-15,18,20-23,25-26,30,32-33H,3,8-9,12-13,16-17,19,24,27-28H2,1-2H3,(H,46,48)(H,49,50). The summed E-state index contributed by atoms with van der Waals surface area (Å²) in [5, 5.41) is 12.4. The van der Waals surface area contributed by atoms with Crippen LogP contribution in [-0.2, 0) is 22.6 Å². The lowest BCUT2D eigenvalue weighted by atomic mass is 9.71. The third-order valence-electron chi connectivity index (χ3n) is 10.8. The number of nitrogens with zero attached hydrogens (tertiary/aromatic N) is 3. The number of hydrogen-bond donors (Lipinski definition) is 2. The first kappa shape index (κ1) is 35.7. The number of allylic oxidation sites excluding steroid dienone is 2. The molecule has 1 heterocycles. The molecule has 4 aromatic rings. The summed E-state index contributed by atoms with van der Waals surface area (Å²) in [4.78, 5) is 48.4. The Labute approximate surface area is 301 Å². The first-order chi connectivity index (χ1) is 24.7. The van der Waals surface area contributed by atoms with Crippen LogP contribution >= 0.6 is 0 Å². The van der Waals surface area contributed by atoms with Crippen LogP contribution in [0.15, 0.2) is 91.3 Å².